The van der Waals surface area contributed by atoms with Crippen molar-refractivity contribution in [3.63, 3.8) is 0 Å². The van der Waals surface area contributed by atoms with Crippen LogP contribution >= 0.6 is 0 Å². The molecule has 0 N–H and O–H groups in total. The molecule has 0 spiro atoms. The first-order valence-corrected chi connectivity index (χ1v) is 4.29. The summed E-state index contributed by atoms with van der Waals surface area (Å²) in [6.45, 7) is 1.51. The zero-order valence-corrected chi connectivity index (χ0v) is 8.03. The largest absolute Gasteiger partial charge is 0.492 e. The molecule has 2 aromatic rings. The molecule has 0 bridgehead atoms. The van der Waals surface area contributed by atoms with Gasteiger partial charge in [0.15, 0.2) is 17.1 Å². The quantitative estimate of drug-likeness (QED) is 0.683. The van der Waals surface area contributed by atoms with Crippen LogP contribution in [0.25, 0.3) is 11.0 Å². The number of hydrogen-bond donors (Lipinski definition) is 0. The first-order chi connectivity index (χ1) is 6.74. The fourth-order valence-corrected chi connectivity index (χ4v) is 1.49. The molecule has 0 aliphatic heterocycles. The molecule has 0 amide bonds. The number of carbonyl (C=O) groups is 1. The average Bonchev–Trinajstić information content (AvgIpc) is 2.63. The lowest BCUT2D eigenvalue weighted by molar-refractivity contribution is 0.101. The molecule has 0 atom stereocenters. The van der Waals surface area contributed by atoms with Crippen LogP contribution in [0.4, 0.5) is 0 Å². The maximum atomic E-state index is 11.3. The number of rotatable bonds is 2. The van der Waals surface area contributed by atoms with E-state index in [-0.39, 0.29) is 5.78 Å². The van der Waals surface area contributed by atoms with Gasteiger partial charge in [-0.05, 0) is 19.1 Å². The van der Waals surface area contributed by atoms with Gasteiger partial charge >= 0.3 is 0 Å². The third-order valence-corrected chi connectivity index (χ3v) is 2.16. The summed E-state index contributed by atoms with van der Waals surface area (Å²) in [7, 11) is 1.53. The summed E-state index contributed by atoms with van der Waals surface area (Å²) in [5.41, 5.74) is 1.18. The highest BCUT2D eigenvalue weighted by Crippen LogP contribution is 2.30. The maximum absolute atomic E-state index is 11.3. The Morgan fingerprint density at radius 3 is 2.79 bits per heavy atom. The van der Waals surface area contributed by atoms with Gasteiger partial charge in [0.05, 0.1) is 18.9 Å². The van der Waals surface area contributed by atoms with E-state index in [0.29, 0.717) is 16.9 Å². The predicted molar refractivity (Wildman–Crippen MR) is 52.8 cm³/mol. The second-order valence-corrected chi connectivity index (χ2v) is 3.04. The molecule has 0 saturated carbocycles. The molecule has 72 valence electrons. The fourth-order valence-electron chi connectivity index (χ4n) is 1.49. The summed E-state index contributed by atoms with van der Waals surface area (Å²) < 4.78 is 10.4. The third kappa shape index (κ3) is 1.18. The molecule has 1 aromatic heterocycles. The van der Waals surface area contributed by atoms with Crippen molar-refractivity contribution < 1.29 is 13.9 Å². The normalized spacial score (nSPS) is 10.4. The van der Waals surface area contributed by atoms with Gasteiger partial charge in [-0.2, -0.15) is 0 Å². The van der Waals surface area contributed by atoms with Crippen molar-refractivity contribution >= 4 is 16.8 Å². The molecule has 0 unspecified atom stereocenters. The number of Topliss-reactive ketones (excluding diaryl/α,β-unsaturated/α-hetero) is 1. The standard InChI is InChI=1S/C11H10O3/c1-7(12)9-4-3-8-5-6-14-10(8)11(9)13-2/h3-6H,1-2H3. The van der Waals surface area contributed by atoms with Gasteiger partial charge < -0.3 is 9.15 Å². The van der Waals surface area contributed by atoms with Gasteiger partial charge in [0.25, 0.3) is 0 Å². The molecule has 0 aliphatic carbocycles. The van der Waals surface area contributed by atoms with E-state index in [0.717, 1.165) is 5.39 Å². The van der Waals surface area contributed by atoms with Gasteiger partial charge in [-0.1, -0.05) is 6.07 Å². The summed E-state index contributed by atoms with van der Waals surface area (Å²) >= 11 is 0. The summed E-state index contributed by atoms with van der Waals surface area (Å²) in [5, 5.41) is 0.937. The van der Waals surface area contributed by atoms with Crippen LogP contribution < -0.4 is 4.74 Å². The van der Waals surface area contributed by atoms with Crippen molar-refractivity contribution in [1.29, 1.82) is 0 Å². The summed E-state index contributed by atoms with van der Waals surface area (Å²) in [5.74, 6) is 0.486. The molecule has 0 saturated heterocycles. The smallest absolute Gasteiger partial charge is 0.176 e. The summed E-state index contributed by atoms with van der Waals surface area (Å²) in [6.07, 6.45) is 1.58. The first-order valence-electron chi connectivity index (χ1n) is 4.29. The van der Waals surface area contributed by atoms with E-state index in [9.17, 15) is 4.79 Å². The van der Waals surface area contributed by atoms with Crippen LogP contribution in [-0.4, -0.2) is 12.9 Å². The van der Waals surface area contributed by atoms with Crippen LogP contribution in [0.1, 0.15) is 17.3 Å². The second kappa shape index (κ2) is 3.18. The molecule has 0 aliphatic rings. The molecule has 0 radical (unpaired) electrons. The molecule has 3 nitrogen and oxygen atoms in total. The highest BCUT2D eigenvalue weighted by molar-refractivity contribution is 6.02. The van der Waals surface area contributed by atoms with Crippen LogP contribution in [0.5, 0.6) is 5.75 Å². The molecule has 3 heteroatoms. The van der Waals surface area contributed by atoms with E-state index in [4.69, 9.17) is 9.15 Å². The van der Waals surface area contributed by atoms with Crippen molar-refractivity contribution in [2.24, 2.45) is 0 Å². The van der Waals surface area contributed by atoms with Crippen molar-refractivity contribution in [1.82, 2.24) is 0 Å². The molecule has 1 heterocycles. The fraction of sp³-hybridized carbons (Fsp3) is 0.182. The predicted octanol–water partition coefficient (Wildman–Crippen LogP) is 2.64. The molecule has 14 heavy (non-hydrogen) atoms. The summed E-state index contributed by atoms with van der Waals surface area (Å²) in [4.78, 5) is 11.3. The van der Waals surface area contributed by atoms with Gasteiger partial charge in [0, 0.05) is 5.39 Å². The number of furan rings is 1. The van der Waals surface area contributed by atoms with Crippen LogP contribution in [0, 0.1) is 0 Å². The average molecular weight is 190 g/mol. The molecule has 0 fully saturated rings. The first kappa shape index (κ1) is 8.81. The van der Waals surface area contributed by atoms with Crippen molar-refractivity contribution in [2.75, 3.05) is 7.11 Å². The highest BCUT2D eigenvalue weighted by Gasteiger charge is 2.13. The lowest BCUT2D eigenvalue weighted by Gasteiger charge is -2.05. The topological polar surface area (TPSA) is 39.4 Å². The Morgan fingerprint density at radius 2 is 2.14 bits per heavy atom. The highest BCUT2D eigenvalue weighted by atomic mass is 16.5. The van der Waals surface area contributed by atoms with E-state index in [1.54, 1.807) is 12.3 Å². The van der Waals surface area contributed by atoms with Crippen molar-refractivity contribution in [3.05, 3.63) is 30.0 Å². The Bertz CT molecular complexity index is 482. The van der Waals surface area contributed by atoms with E-state index < -0.39 is 0 Å². The van der Waals surface area contributed by atoms with Gasteiger partial charge in [0.1, 0.15) is 0 Å². The number of benzene rings is 1. The van der Waals surface area contributed by atoms with E-state index in [1.807, 2.05) is 12.1 Å². The number of ether oxygens (including phenoxy) is 1. The number of methoxy groups -OCH3 is 1. The Kier molecular flexibility index (Phi) is 2.00. The Hall–Kier alpha value is -1.77. The molecule has 1 aromatic carbocycles. The summed E-state index contributed by atoms with van der Waals surface area (Å²) in [6, 6.07) is 5.43. The molecular formula is C11H10O3. The number of carbonyl (C=O) groups excluding carboxylic acids is 1. The minimum absolute atomic E-state index is 0.0276. The Labute approximate surface area is 81.3 Å². The van der Waals surface area contributed by atoms with Crippen LogP contribution in [0.2, 0.25) is 0 Å². The monoisotopic (exact) mass is 190 g/mol. The van der Waals surface area contributed by atoms with E-state index in [1.165, 1.54) is 14.0 Å². The maximum Gasteiger partial charge on any atom is 0.176 e. The van der Waals surface area contributed by atoms with Gasteiger partial charge in [-0.3, -0.25) is 4.79 Å². The Balaban J connectivity index is 2.78. The minimum atomic E-state index is -0.0276. The lowest BCUT2D eigenvalue weighted by atomic mass is 10.1. The number of ketones is 1. The van der Waals surface area contributed by atoms with Crippen LogP contribution in [0.3, 0.4) is 0 Å². The SMILES string of the molecule is COc1c(C(C)=O)ccc2ccoc12. The van der Waals surface area contributed by atoms with E-state index >= 15 is 0 Å². The lowest BCUT2D eigenvalue weighted by Crippen LogP contribution is -1.97. The molecular weight excluding hydrogens is 180 g/mol. The zero-order valence-electron chi connectivity index (χ0n) is 8.03. The number of hydrogen-bond acceptors (Lipinski definition) is 3. The van der Waals surface area contributed by atoms with Crippen molar-refractivity contribution in [2.45, 2.75) is 6.92 Å². The minimum Gasteiger partial charge on any atom is -0.492 e. The van der Waals surface area contributed by atoms with Gasteiger partial charge in [0.2, 0.25) is 0 Å². The third-order valence-electron chi connectivity index (χ3n) is 2.16. The number of fused-ring (bicyclic) bond motifs is 1. The Morgan fingerprint density at radius 1 is 1.36 bits per heavy atom. The molecule has 2 rings (SSSR count). The van der Waals surface area contributed by atoms with E-state index in [2.05, 4.69) is 0 Å². The second-order valence-electron chi connectivity index (χ2n) is 3.04. The van der Waals surface area contributed by atoms with Gasteiger partial charge in [-0.15, -0.1) is 0 Å². The van der Waals surface area contributed by atoms with Crippen LogP contribution in [-0.2, 0) is 0 Å². The van der Waals surface area contributed by atoms with Gasteiger partial charge in [-0.25, -0.2) is 0 Å². The van der Waals surface area contributed by atoms with Crippen LogP contribution in [0.15, 0.2) is 28.9 Å². The van der Waals surface area contributed by atoms with Crippen molar-refractivity contribution in [3.8, 4) is 5.75 Å². The zero-order chi connectivity index (χ0) is 10.1.